The summed E-state index contributed by atoms with van der Waals surface area (Å²) in [5, 5.41) is 0. The average Bonchev–Trinajstić information content (AvgIpc) is 2.37. The van der Waals surface area contributed by atoms with Crippen LogP contribution in [0.15, 0.2) is 0 Å². The Morgan fingerprint density at radius 3 is 2.11 bits per heavy atom. The van der Waals surface area contributed by atoms with Crippen molar-refractivity contribution in [2.24, 2.45) is 5.73 Å². The summed E-state index contributed by atoms with van der Waals surface area (Å²) in [4.78, 5) is 0. The molecule has 1 aliphatic rings. The van der Waals surface area contributed by atoms with E-state index >= 15 is 0 Å². The van der Waals surface area contributed by atoms with Crippen LogP contribution in [0.3, 0.4) is 0 Å². The summed E-state index contributed by atoms with van der Waals surface area (Å²) in [7, 11) is -3.38. The highest BCUT2D eigenvalue weighted by Crippen LogP contribution is 2.25. The van der Waals surface area contributed by atoms with E-state index in [4.69, 9.17) is 5.73 Å². The molecule has 0 heterocycles. The van der Waals surface area contributed by atoms with Gasteiger partial charge in [0.1, 0.15) is 0 Å². The molecule has 0 aromatic carbocycles. The fourth-order valence-corrected chi connectivity index (χ4v) is 4.11. The first-order valence-corrected chi connectivity index (χ1v) is 8.91. The normalized spacial score (nSPS) is 19.8. The molecule has 1 saturated carbocycles. The first-order valence-electron chi connectivity index (χ1n) is 7.47. The molecule has 1 fully saturated rings. The SMILES string of the molecule is CCCN(CCC)S(=O)(=O)NCC1(N)CCCCC1. The van der Waals surface area contributed by atoms with E-state index in [1.165, 1.54) is 10.7 Å². The topological polar surface area (TPSA) is 75.4 Å². The third-order valence-corrected chi connectivity index (χ3v) is 5.30. The number of nitrogens with two attached hydrogens (primary N) is 1. The summed E-state index contributed by atoms with van der Waals surface area (Å²) in [6.07, 6.45) is 6.90. The molecule has 0 radical (unpaired) electrons. The maximum Gasteiger partial charge on any atom is 0.279 e. The van der Waals surface area contributed by atoms with E-state index in [0.717, 1.165) is 38.5 Å². The van der Waals surface area contributed by atoms with E-state index in [0.29, 0.717) is 19.6 Å². The van der Waals surface area contributed by atoms with Crippen molar-refractivity contribution in [1.82, 2.24) is 9.03 Å². The Hall–Kier alpha value is -0.170. The Labute approximate surface area is 118 Å². The Kier molecular flexibility index (Phi) is 6.73. The van der Waals surface area contributed by atoms with Crippen LogP contribution in [0.25, 0.3) is 0 Å². The van der Waals surface area contributed by atoms with Crippen molar-refractivity contribution in [2.45, 2.75) is 64.3 Å². The molecule has 1 rings (SSSR count). The molecule has 0 atom stereocenters. The van der Waals surface area contributed by atoms with E-state index in [2.05, 4.69) is 4.72 Å². The minimum absolute atomic E-state index is 0.352. The molecule has 5 nitrogen and oxygen atoms in total. The maximum absolute atomic E-state index is 12.3. The highest BCUT2D eigenvalue weighted by atomic mass is 32.2. The van der Waals surface area contributed by atoms with Gasteiger partial charge in [0.25, 0.3) is 10.2 Å². The lowest BCUT2D eigenvalue weighted by atomic mass is 9.83. The van der Waals surface area contributed by atoms with Crippen LogP contribution in [0, 0.1) is 0 Å². The van der Waals surface area contributed by atoms with E-state index < -0.39 is 10.2 Å². The van der Waals surface area contributed by atoms with E-state index in [1.54, 1.807) is 0 Å². The highest BCUT2D eigenvalue weighted by molar-refractivity contribution is 7.87. The second-order valence-corrected chi connectivity index (χ2v) is 7.40. The zero-order chi connectivity index (χ0) is 14.4. The highest BCUT2D eigenvalue weighted by Gasteiger charge is 2.30. The predicted molar refractivity (Wildman–Crippen MR) is 79.1 cm³/mol. The molecule has 0 saturated heterocycles. The van der Waals surface area contributed by atoms with Gasteiger partial charge in [0, 0.05) is 25.2 Å². The van der Waals surface area contributed by atoms with Crippen LogP contribution in [0.2, 0.25) is 0 Å². The Morgan fingerprint density at radius 1 is 1.11 bits per heavy atom. The van der Waals surface area contributed by atoms with Crippen LogP contribution in [0.5, 0.6) is 0 Å². The summed E-state index contributed by atoms with van der Waals surface area (Å²) >= 11 is 0. The fraction of sp³-hybridized carbons (Fsp3) is 1.00. The van der Waals surface area contributed by atoms with Gasteiger partial charge in [-0.05, 0) is 25.7 Å². The smallest absolute Gasteiger partial charge is 0.279 e. The number of hydrogen-bond acceptors (Lipinski definition) is 3. The van der Waals surface area contributed by atoms with Crippen LogP contribution in [0.4, 0.5) is 0 Å². The molecule has 3 N–H and O–H groups in total. The predicted octanol–water partition coefficient (Wildman–Crippen LogP) is 1.60. The van der Waals surface area contributed by atoms with Gasteiger partial charge in [0.15, 0.2) is 0 Å². The number of rotatable bonds is 8. The molecule has 19 heavy (non-hydrogen) atoms. The molecule has 0 aromatic heterocycles. The zero-order valence-corrected chi connectivity index (χ0v) is 13.1. The first-order chi connectivity index (χ1) is 8.93. The molecular weight excluding hydrogens is 262 g/mol. The van der Waals surface area contributed by atoms with Gasteiger partial charge in [-0.25, -0.2) is 4.72 Å². The fourth-order valence-electron chi connectivity index (χ4n) is 2.61. The van der Waals surface area contributed by atoms with Crippen molar-refractivity contribution in [3.05, 3.63) is 0 Å². The molecule has 0 aliphatic heterocycles. The van der Waals surface area contributed by atoms with Gasteiger partial charge in [-0.3, -0.25) is 0 Å². The lowest BCUT2D eigenvalue weighted by Crippen LogP contribution is -2.53. The Balaban J connectivity index is 2.57. The van der Waals surface area contributed by atoms with Gasteiger partial charge in [-0.15, -0.1) is 0 Å². The van der Waals surface area contributed by atoms with E-state index in [-0.39, 0.29) is 5.54 Å². The molecule has 0 bridgehead atoms. The van der Waals surface area contributed by atoms with Crippen LogP contribution < -0.4 is 10.5 Å². The zero-order valence-electron chi connectivity index (χ0n) is 12.3. The molecule has 6 heteroatoms. The van der Waals surface area contributed by atoms with Crippen molar-refractivity contribution in [3.63, 3.8) is 0 Å². The molecule has 114 valence electrons. The van der Waals surface area contributed by atoms with E-state index in [1.807, 2.05) is 13.8 Å². The molecule has 0 aromatic rings. The molecule has 1 aliphatic carbocycles. The monoisotopic (exact) mass is 291 g/mol. The van der Waals surface area contributed by atoms with Crippen molar-refractivity contribution in [2.75, 3.05) is 19.6 Å². The molecule has 0 amide bonds. The van der Waals surface area contributed by atoms with Crippen LogP contribution in [0.1, 0.15) is 58.8 Å². The summed E-state index contributed by atoms with van der Waals surface area (Å²) in [6, 6.07) is 0. The summed E-state index contributed by atoms with van der Waals surface area (Å²) in [5.41, 5.74) is 5.92. The van der Waals surface area contributed by atoms with Gasteiger partial charge in [-0.1, -0.05) is 33.1 Å². The van der Waals surface area contributed by atoms with Gasteiger partial charge in [-0.2, -0.15) is 12.7 Å². The second-order valence-electron chi connectivity index (χ2n) is 5.65. The van der Waals surface area contributed by atoms with Crippen LogP contribution in [-0.2, 0) is 10.2 Å². The van der Waals surface area contributed by atoms with Crippen molar-refractivity contribution in [3.8, 4) is 0 Å². The molecule has 0 unspecified atom stereocenters. The summed E-state index contributed by atoms with van der Waals surface area (Å²) in [5.74, 6) is 0. The quantitative estimate of drug-likeness (QED) is 0.713. The van der Waals surface area contributed by atoms with Crippen molar-refractivity contribution < 1.29 is 8.42 Å². The van der Waals surface area contributed by atoms with Gasteiger partial charge >= 0.3 is 0 Å². The standard InChI is InChI=1S/C13H29N3O2S/c1-3-10-16(11-4-2)19(17,18)15-12-13(14)8-6-5-7-9-13/h15H,3-12,14H2,1-2H3. The van der Waals surface area contributed by atoms with E-state index in [9.17, 15) is 8.42 Å². The second kappa shape index (κ2) is 7.57. The van der Waals surface area contributed by atoms with Gasteiger partial charge in [0.05, 0.1) is 0 Å². The number of nitrogens with zero attached hydrogens (tertiary/aromatic N) is 1. The molecule has 0 spiro atoms. The van der Waals surface area contributed by atoms with Crippen molar-refractivity contribution >= 4 is 10.2 Å². The number of hydrogen-bond donors (Lipinski definition) is 2. The largest absolute Gasteiger partial charge is 0.324 e. The minimum atomic E-state index is -3.38. The summed E-state index contributed by atoms with van der Waals surface area (Å²) < 4.78 is 28.7. The minimum Gasteiger partial charge on any atom is -0.324 e. The third kappa shape index (κ3) is 5.38. The van der Waals surface area contributed by atoms with Crippen LogP contribution >= 0.6 is 0 Å². The average molecular weight is 291 g/mol. The lowest BCUT2D eigenvalue weighted by Gasteiger charge is -2.34. The van der Waals surface area contributed by atoms with Crippen molar-refractivity contribution in [1.29, 1.82) is 0 Å². The Bertz CT molecular complexity index is 345. The Morgan fingerprint density at radius 2 is 1.63 bits per heavy atom. The van der Waals surface area contributed by atoms with Gasteiger partial charge in [0.2, 0.25) is 0 Å². The number of nitrogens with one attached hydrogen (secondary N) is 1. The molecular formula is C13H29N3O2S. The van der Waals surface area contributed by atoms with Gasteiger partial charge < -0.3 is 5.73 Å². The lowest BCUT2D eigenvalue weighted by molar-refractivity contribution is 0.292. The first kappa shape index (κ1) is 16.9. The third-order valence-electron chi connectivity index (χ3n) is 3.74. The maximum atomic E-state index is 12.3. The van der Waals surface area contributed by atoms with Crippen LogP contribution in [-0.4, -0.2) is 37.9 Å². The summed E-state index contributed by atoms with van der Waals surface area (Å²) in [6.45, 7) is 5.48.